The molecule has 0 aromatic carbocycles. The first kappa shape index (κ1) is 6.51. The first-order valence-corrected chi connectivity index (χ1v) is 5.33. The van der Waals surface area contributed by atoms with Gasteiger partial charge in [-0.2, -0.15) is 0 Å². The third kappa shape index (κ3) is 0.816. The average Bonchev–Trinajstić information content (AvgIpc) is 2.33. The van der Waals surface area contributed by atoms with E-state index in [9.17, 15) is 0 Å². The minimum absolute atomic E-state index is 1.07. The Bertz CT molecular complexity index is 161. The zero-order valence-electron chi connectivity index (χ0n) is 7.42. The summed E-state index contributed by atoms with van der Waals surface area (Å²) in [5.41, 5.74) is 0. The van der Waals surface area contributed by atoms with Crippen LogP contribution in [-0.4, -0.2) is 0 Å². The Morgan fingerprint density at radius 3 is 1.91 bits per heavy atom. The molecule has 4 fully saturated rings. The van der Waals surface area contributed by atoms with Crippen molar-refractivity contribution in [3.63, 3.8) is 0 Å². The molecule has 0 aromatic rings. The Morgan fingerprint density at radius 1 is 0.818 bits per heavy atom. The van der Waals surface area contributed by atoms with Crippen molar-refractivity contribution in [2.75, 3.05) is 0 Å². The van der Waals surface area contributed by atoms with Gasteiger partial charge in [0, 0.05) is 0 Å². The van der Waals surface area contributed by atoms with Gasteiger partial charge in [0.2, 0.25) is 0 Å². The van der Waals surface area contributed by atoms with Gasteiger partial charge in [0.15, 0.2) is 0 Å². The molecule has 1 unspecified atom stereocenters. The molecule has 4 aliphatic carbocycles. The van der Waals surface area contributed by atoms with Gasteiger partial charge in [-0.3, -0.25) is 0 Å². The number of rotatable bonds is 1. The molecule has 4 rings (SSSR count). The fraction of sp³-hybridized carbons (Fsp3) is 1.00. The lowest BCUT2D eigenvalue weighted by Gasteiger charge is -2.39. The Morgan fingerprint density at radius 2 is 1.45 bits per heavy atom. The van der Waals surface area contributed by atoms with Crippen LogP contribution >= 0.6 is 0 Å². The Kier molecular flexibility index (Phi) is 1.20. The molecule has 0 N–H and O–H groups in total. The lowest BCUT2D eigenvalue weighted by molar-refractivity contribution is 0.111. The Balaban J connectivity index is 1.64. The summed E-state index contributed by atoms with van der Waals surface area (Å²) < 4.78 is 0. The molecule has 0 radical (unpaired) electrons. The van der Waals surface area contributed by atoms with Gasteiger partial charge in [0.05, 0.1) is 0 Å². The van der Waals surface area contributed by atoms with Crippen LogP contribution in [0.2, 0.25) is 0 Å². The van der Waals surface area contributed by atoms with E-state index in [-0.39, 0.29) is 0 Å². The summed E-state index contributed by atoms with van der Waals surface area (Å²) in [4.78, 5) is 0. The maximum atomic E-state index is 2.41. The first-order chi connectivity index (χ1) is 5.33. The monoisotopic (exact) mass is 150 g/mol. The van der Waals surface area contributed by atoms with Gasteiger partial charge in [0.25, 0.3) is 0 Å². The van der Waals surface area contributed by atoms with E-state index in [1.54, 1.807) is 32.1 Å². The van der Waals surface area contributed by atoms with E-state index in [0.29, 0.717) is 0 Å². The van der Waals surface area contributed by atoms with Crippen LogP contribution in [0.5, 0.6) is 0 Å². The van der Waals surface area contributed by atoms with Crippen molar-refractivity contribution in [2.24, 2.45) is 29.6 Å². The predicted molar refractivity (Wildman–Crippen MR) is 46.2 cm³/mol. The highest BCUT2D eigenvalue weighted by atomic mass is 14.5. The van der Waals surface area contributed by atoms with Gasteiger partial charge in [-0.05, 0) is 61.7 Å². The molecule has 0 heterocycles. The number of hydrogen-bond acceptors (Lipinski definition) is 0. The van der Waals surface area contributed by atoms with E-state index in [4.69, 9.17) is 0 Å². The van der Waals surface area contributed by atoms with Crippen LogP contribution < -0.4 is 0 Å². The van der Waals surface area contributed by atoms with E-state index in [1.165, 1.54) is 23.7 Å². The third-order valence-electron chi connectivity index (χ3n) is 4.50. The van der Waals surface area contributed by atoms with E-state index < -0.39 is 0 Å². The maximum absolute atomic E-state index is 2.41. The second-order valence-corrected chi connectivity index (χ2v) is 5.33. The molecule has 0 aliphatic heterocycles. The van der Waals surface area contributed by atoms with Gasteiger partial charge in [0.1, 0.15) is 0 Å². The molecular formula is C11H18. The van der Waals surface area contributed by atoms with E-state index in [1.807, 2.05) is 0 Å². The second-order valence-electron chi connectivity index (χ2n) is 5.33. The van der Waals surface area contributed by atoms with Crippen LogP contribution in [-0.2, 0) is 0 Å². The van der Waals surface area contributed by atoms with Crippen molar-refractivity contribution in [1.82, 2.24) is 0 Å². The molecule has 11 heavy (non-hydrogen) atoms. The van der Waals surface area contributed by atoms with Gasteiger partial charge in [-0.1, -0.05) is 6.92 Å². The predicted octanol–water partition coefficient (Wildman–Crippen LogP) is 3.08. The van der Waals surface area contributed by atoms with E-state index >= 15 is 0 Å². The standard InChI is InChI=1S/C11H18/c1-7-2-9(3-7)11-6-8-4-10(11)5-8/h7-11H,2-6H2,1H3. The minimum atomic E-state index is 1.07. The number of fused-ring (bicyclic) bond motifs is 1. The Hall–Kier alpha value is 0. The van der Waals surface area contributed by atoms with Crippen molar-refractivity contribution in [3.8, 4) is 0 Å². The lowest BCUT2D eigenvalue weighted by Crippen LogP contribution is -2.30. The quantitative estimate of drug-likeness (QED) is 0.539. The summed E-state index contributed by atoms with van der Waals surface area (Å²) in [6.45, 7) is 2.41. The lowest BCUT2D eigenvalue weighted by atomic mass is 9.66. The van der Waals surface area contributed by atoms with E-state index in [0.717, 1.165) is 5.92 Å². The first-order valence-electron chi connectivity index (χ1n) is 5.33. The molecule has 0 amide bonds. The van der Waals surface area contributed by atoms with Crippen molar-refractivity contribution >= 4 is 0 Å². The molecule has 0 nitrogen and oxygen atoms in total. The topological polar surface area (TPSA) is 0 Å². The van der Waals surface area contributed by atoms with Crippen LogP contribution in [0.25, 0.3) is 0 Å². The molecule has 0 aromatic heterocycles. The van der Waals surface area contributed by atoms with Crippen molar-refractivity contribution in [1.29, 1.82) is 0 Å². The van der Waals surface area contributed by atoms with Crippen molar-refractivity contribution in [2.45, 2.75) is 39.0 Å². The van der Waals surface area contributed by atoms with Gasteiger partial charge in [-0.15, -0.1) is 0 Å². The van der Waals surface area contributed by atoms with Crippen LogP contribution in [0.15, 0.2) is 0 Å². The summed E-state index contributed by atoms with van der Waals surface area (Å²) in [5, 5.41) is 0. The highest BCUT2D eigenvalue weighted by molar-refractivity contribution is 4.99. The minimum Gasteiger partial charge on any atom is -0.0625 e. The SMILES string of the molecule is CC1CC(C2CC3CC2C3)C1. The number of hydrogen-bond donors (Lipinski definition) is 0. The van der Waals surface area contributed by atoms with Gasteiger partial charge < -0.3 is 0 Å². The zero-order valence-corrected chi connectivity index (χ0v) is 7.42. The van der Waals surface area contributed by atoms with Crippen LogP contribution in [0.1, 0.15) is 39.0 Å². The van der Waals surface area contributed by atoms with Gasteiger partial charge in [-0.25, -0.2) is 0 Å². The summed E-state index contributed by atoms with van der Waals surface area (Å²) in [6, 6.07) is 0. The summed E-state index contributed by atoms with van der Waals surface area (Å²) in [6.07, 6.45) is 7.95. The fourth-order valence-corrected chi connectivity index (χ4v) is 3.80. The summed E-state index contributed by atoms with van der Waals surface area (Å²) in [5.74, 6) is 5.80. The van der Waals surface area contributed by atoms with Crippen LogP contribution in [0.4, 0.5) is 0 Å². The van der Waals surface area contributed by atoms with Crippen LogP contribution in [0.3, 0.4) is 0 Å². The molecule has 4 saturated carbocycles. The molecule has 0 heteroatoms. The van der Waals surface area contributed by atoms with Crippen LogP contribution in [0, 0.1) is 29.6 Å². The molecule has 2 bridgehead atoms. The van der Waals surface area contributed by atoms with Crippen molar-refractivity contribution < 1.29 is 0 Å². The highest BCUT2D eigenvalue weighted by Gasteiger charge is 2.49. The molecule has 0 saturated heterocycles. The normalized spacial score (nSPS) is 60.3. The molecule has 1 atom stereocenters. The molecule has 0 spiro atoms. The second kappa shape index (κ2) is 2.02. The summed E-state index contributed by atoms with van der Waals surface area (Å²) >= 11 is 0. The van der Waals surface area contributed by atoms with Gasteiger partial charge >= 0.3 is 0 Å². The zero-order chi connectivity index (χ0) is 7.42. The van der Waals surface area contributed by atoms with E-state index in [2.05, 4.69) is 6.92 Å². The molecular weight excluding hydrogens is 132 g/mol. The largest absolute Gasteiger partial charge is 0.0625 e. The fourth-order valence-electron chi connectivity index (χ4n) is 3.80. The highest BCUT2D eigenvalue weighted by Crippen LogP contribution is 2.58. The third-order valence-corrected chi connectivity index (χ3v) is 4.50. The smallest absolute Gasteiger partial charge is 0.0354 e. The average molecular weight is 150 g/mol. The maximum Gasteiger partial charge on any atom is -0.0354 e. The molecule has 62 valence electrons. The summed E-state index contributed by atoms with van der Waals surface area (Å²) in [7, 11) is 0. The van der Waals surface area contributed by atoms with Crippen molar-refractivity contribution in [3.05, 3.63) is 0 Å². The Labute approximate surface area is 69.4 Å². The molecule has 4 aliphatic rings.